The molecule has 0 aromatic carbocycles. The molecule has 2 heterocycles. The Balaban J connectivity index is 2.24. The zero-order valence-corrected chi connectivity index (χ0v) is 11.9. The van der Waals surface area contributed by atoms with Crippen molar-refractivity contribution in [3.63, 3.8) is 0 Å². The minimum absolute atomic E-state index is 0.400. The number of halogens is 1. The average Bonchev–Trinajstić information content (AvgIpc) is 2.87. The second-order valence-corrected chi connectivity index (χ2v) is 4.94. The van der Waals surface area contributed by atoms with Crippen molar-refractivity contribution < 1.29 is 5.11 Å². The van der Waals surface area contributed by atoms with Crippen molar-refractivity contribution >= 4 is 21.7 Å². The Bertz CT molecular complexity index is 548. The lowest BCUT2D eigenvalue weighted by atomic mass is 10.1. The van der Waals surface area contributed by atoms with Crippen LogP contribution in [0, 0.1) is 0 Å². The molecule has 0 aliphatic rings. The fourth-order valence-corrected chi connectivity index (χ4v) is 2.68. The van der Waals surface area contributed by atoms with Gasteiger partial charge in [-0.2, -0.15) is 10.2 Å². The van der Waals surface area contributed by atoms with Gasteiger partial charge in [0.2, 0.25) is 0 Å². The van der Waals surface area contributed by atoms with Crippen molar-refractivity contribution in [1.82, 2.24) is 20.0 Å². The molecule has 0 saturated carbocycles. The van der Waals surface area contributed by atoms with Crippen LogP contribution in [0.5, 0.6) is 0 Å². The van der Waals surface area contributed by atoms with Crippen LogP contribution in [0.1, 0.15) is 30.0 Å². The number of hydrogen-bond donors (Lipinski definition) is 3. The molecule has 0 aliphatic heterocycles. The topological polar surface area (TPSA) is 92.7 Å². The maximum Gasteiger partial charge on any atom is 0.124 e. The van der Waals surface area contributed by atoms with Crippen molar-refractivity contribution in [2.75, 3.05) is 5.73 Å². The number of hydrogen-bond acceptors (Lipinski definition) is 4. The molecule has 0 spiro atoms. The van der Waals surface area contributed by atoms with Gasteiger partial charge in [-0.05, 0) is 22.4 Å². The molecule has 0 bridgehead atoms. The molecule has 0 amide bonds. The highest BCUT2D eigenvalue weighted by Crippen LogP contribution is 2.27. The average molecular weight is 314 g/mol. The van der Waals surface area contributed by atoms with Crippen LogP contribution in [-0.4, -0.2) is 25.1 Å². The minimum atomic E-state index is -0.694. The predicted octanol–water partition coefficient (Wildman–Crippen LogP) is 1.33. The maximum atomic E-state index is 10.2. The van der Waals surface area contributed by atoms with E-state index in [1.807, 2.05) is 14.0 Å². The van der Waals surface area contributed by atoms with Gasteiger partial charge in [0.15, 0.2) is 0 Å². The number of aliphatic hydroxyl groups excluding tert-OH is 1. The van der Waals surface area contributed by atoms with Gasteiger partial charge in [-0.1, -0.05) is 6.92 Å². The van der Waals surface area contributed by atoms with E-state index in [-0.39, 0.29) is 0 Å². The summed E-state index contributed by atoms with van der Waals surface area (Å²) >= 11 is 3.52. The van der Waals surface area contributed by atoms with E-state index < -0.39 is 6.10 Å². The summed E-state index contributed by atoms with van der Waals surface area (Å²) in [5.41, 5.74) is 8.23. The Morgan fingerprint density at radius 2 is 2.33 bits per heavy atom. The number of aryl methyl sites for hydroxylation is 2. The second kappa shape index (κ2) is 5.11. The standard InChI is InChI=1S/C11H16BrN5O/c1-3-7-10(12)8(17(2)16-7)4-9(18)6-5-14-15-11(6)13/h5,9,18H,3-4H2,1-2H3,(H3,13,14,15). The lowest BCUT2D eigenvalue weighted by Crippen LogP contribution is -2.08. The van der Waals surface area contributed by atoms with Gasteiger partial charge in [0.1, 0.15) is 5.82 Å². The predicted molar refractivity (Wildman–Crippen MR) is 71.9 cm³/mol. The van der Waals surface area contributed by atoms with Crippen molar-refractivity contribution in [2.24, 2.45) is 7.05 Å². The molecule has 2 aromatic heterocycles. The number of nitrogen functional groups attached to an aromatic ring is 1. The van der Waals surface area contributed by atoms with Gasteiger partial charge in [-0.15, -0.1) is 0 Å². The summed E-state index contributed by atoms with van der Waals surface area (Å²) in [5.74, 6) is 0.400. The number of nitrogens with zero attached hydrogens (tertiary/aromatic N) is 3. The Kier molecular flexibility index (Phi) is 3.72. The zero-order valence-electron chi connectivity index (χ0n) is 10.3. The Hall–Kier alpha value is -1.34. The largest absolute Gasteiger partial charge is 0.388 e. The number of H-pyrrole nitrogens is 1. The lowest BCUT2D eigenvalue weighted by molar-refractivity contribution is 0.176. The zero-order chi connectivity index (χ0) is 13.3. The van der Waals surface area contributed by atoms with Crippen LogP contribution < -0.4 is 5.73 Å². The van der Waals surface area contributed by atoms with Crippen molar-refractivity contribution in [3.05, 3.63) is 27.6 Å². The number of rotatable bonds is 4. The van der Waals surface area contributed by atoms with E-state index in [1.54, 1.807) is 10.9 Å². The van der Waals surface area contributed by atoms with Gasteiger partial charge >= 0.3 is 0 Å². The van der Waals surface area contributed by atoms with Crippen LogP contribution in [0.4, 0.5) is 5.82 Å². The van der Waals surface area contributed by atoms with Gasteiger partial charge in [-0.25, -0.2) is 0 Å². The van der Waals surface area contributed by atoms with Gasteiger partial charge < -0.3 is 10.8 Å². The normalized spacial score (nSPS) is 12.9. The van der Waals surface area contributed by atoms with Crippen LogP contribution >= 0.6 is 15.9 Å². The molecule has 0 fully saturated rings. The molecule has 7 heteroatoms. The van der Waals surface area contributed by atoms with Crippen LogP contribution in [-0.2, 0) is 19.9 Å². The maximum absolute atomic E-state index is 10.2. The Morgan fingerprint density at radius 3 is 2.83 bits per heavy atom. The van der Waals surface area contributed by atoms with E-state index in [9.17, 15) is 5.11 Å². The van der Waals surface area contributed by atoms with E-state index >= 15 is 0 Å². The molecule has 0 aliphatic carbocycles. The number of aliphatic hydroxyl groups is 1. The highest BCUT2D eigenvalue weighted by Gasteiger charge is 2.19. The van der Waals surface area contributed by atoms with Crippen molar-refractivity contribution in [1.29, 1.82) is 0 Å². The SMILES string of the molecule is CCc1nn(C)c(CC(O)c2cn[nH]c2N)c1Br. The quantitative estimate of drug-likeness (QED) is 0.794. The van der Waals surface area contributed by atoms with E-state index in [0.717, 1.165) is 22.3 Å². The highest BCUT2D eigenvalue weighted by molar-refractivity contribution is 9.10. The third kappa shape index (κ3) is 2.28. The first-order valence-corrected chi connectivity index (χ1v) is 6.50. The molecule has 18 heavy (non-hydrogen) atoms. The third-order valence-electron chi connectivity index (χ3n) is 2.95. The summed E-state index contributed by atoms with van der Waals surface area (Å²) in [6, 6.07) is 0. The van der Waals surface area contributed by atoms with Gasteiger partial charge in [0, 0.05) is 19.0 Å². The van der Waals surface area contributed by atoms with E-state index in [0.29, 0.717) is 17.8 Å². The molecular weight excluding hydrogens is 298 g/mol. The first kappa shape index (κ1) is 13.1. The van der Waals surface area contributed by atoms with Gasteiger partial charge in [-0.3, -0.25) is 9.78 Å². The Labute approximate surface area is 113 Å². The van der Waals surface area contributed by atoms with Crippen molar-refractivity contribution in [3.8, 4) is 0 Å². The number of anilines is 1. The molecule has 1 unspecified atom stereocenters. The molecule has 2 rings (SSSR count). The summed E-state index contributed by atoms with van der Waals surface area (Å²) in [5, 5.41) is 21.0. The van der Waals surface area contributed by atoms with E-state index in [1.165, 1.54) is 0 Å². The smallest absolute Gasteiger partial charge is 0.124 e. The summed E-state index contributed by atoms with van der Waals surface area (Å²) in [7, 11) is 1.87. The van der Waals surface area contributed by atoms with Gasteiger partial charge in [0.25, 0.3) is 0 Å². The number of nitrogens with one attached hydrogen (secondary N) is 1. The molecule has 98 valence electrons. The Morgan fingerprint density at radius 1 is 1.61 bits per heavy atom. The fourth-order valence-electron chi connectivity index (χ4n) is 1.91. The highest BCUT2D eigenvalue weighted by atomic mass is 79.9. The first-order valence-electron chi connectivity index (χ1n) is 5.71. The van der Waals surface area contributed by atoms with Crippen LogP contribution in [0.3, 0.4) is 0 Å². The van der Waals surface area contributed by atoms with E-state index in [4.69, 9.17) is 5.73 Å². The van der Waals surface area contributed by atoms with Gasteiger partial charge in [0.05, 0.1) is 28.2 Å². The fraction of sp³-hybridized carbons (Fsp3) is 0.455. The molecule has 4 N–H and O–H groups in total. The molecule has 0 saturated heterocycles. The number of aromatic nitrogens is 4. The van der Waals surface area contributed by atoms with Crippen LogP contribution in [0.15, 0.2) is 10.7 Å². The minimum Gasteiger partial charge on any atom is -0.388 e. The monoisotopic (exact) mass is 313 g/mol. The molecule has 0 radical (unpaired) electrons. The second-order valence-electron chi connectivity index (χ2n) is 4.14. The summed E-state index contributed by atoms with van der Waals surface area (Å²) < 4.78 is 2.73. The van der Waals surface area contributed by atoms with E-state index in [2.05, 4.69) is 31.2 Å². The summed E-state index contributed by atoms with van der Waals surface area (Å²) in [4.78, 5) is 0. The van der Waals surface area contributed by atoms with Crippen molar-refractivity contribution in [2.45, 2.75) is 25.9 Å². The number of nitrogens with two attached hydrogens (primary N) is 1. The molecule has 1 atom stereocenters. The molecular formula is C11H16BrN5O. The summed E-state index contributed by atoms with van der Waals surface area (Å²) in [6.07, 6.45) is 2.14. The molecule has 6 nitrogen and oxygen atoms in total. The molecule has 2 aromatic rings. The van der Waals surface area contributed by atoms with Crippen LogP contribution in [0.25, 0.3) is 0 Å². The lowest BCUT2D eigenvalue weighted by Gasteiger charge is -2.10. The summed E-state index contributed by atoms with van der Waals surface area (Å²) in [6.45, 7) is 2.04. The first-order chi connectivity index (χ1) is 8.54. The van der Waals surface area contributed by atoms with Crippen LogP contribution in [0.2, 0.25) is 0 Å². The number of aromatic amines is 1. The third-order valence-corrected chi connectivity index (χ3v) is 3.86.